The smallest absolute Gasteiger partial charge is 0.238 e. The molecule has 0 aliphatic carbocycles. The third-order valence-corrected chi connectivity index (χ3v) is 2.07. The first kappa shape index (κ1) is 12.4. The maximum Gasteiger partial charge on any atom is 0.238 e. The number of benzene rings is 1. The van der Waals surface area contributed by atoms with Gasteiger partial charge in [0, 0.05) is 11.7 Å². The summed E-state index contributed by atoms with van der Waals surface area (Å²) in [6.45, 7) is 5.70. The van der Waals surface area contributed by atoms with Crippen molar-refractivity contribution >= 4 is 11.6 Å². The Balaban J connectivity index is 2.39. The van der Waals surface area contributed by atoms with E-state index in [1.165, 1.54) is 24.3 Å². The van der Waals surface area contributed by atoms with Gasteiger partial charge < -0.3 is 10.6 Å². The van der Waals surface area contributed by atoms with E-state index in [1.54, 1.807) is 6.08 Å². The van der Waals surface area contributed by atoms with Crippen LogP contribution < -0.4 is 10.6 Å². The number of amides is 1. The van der Waals surface area contributed by atoms with Crippen LogP contribution >= 0.6 is 0 Å². The summed E-state index contributed by atoms with van der Waals surface area (Å²) >= 11 is 0. The van der Waals surface area contributed by atoms with Crippen LogP contribution in [0.15, 0.2) is 36.9 Å². The Morgan fingerprint density at radius 1 is 1.50 bits per heavy atom. The van der Waals surface area contributed by atoms with Crippen molar-refractivity contribution in [3.63, 3.8) is 0 Å². The summed E-state index contributed by atoms with van der Waals surface area (Å²) in [7, 11) is 0. The minimum Gasteiger partial charge on any atom is -0.325 e. The number of nitrogens with one attached hydrogen (secondary N) is 2. The van der Waals surface area contributed by atoms with Crippen LogP contribution in [0.2, 0.25) is 0 Å². The van der Waals surface area contributed by atoms with Gasteiger partial charge in [-0.2, -0.15) is 0 Å². The number of anilines is 1. The Bertz CT molecular complexity index is 362. The van der Waals surface area contributed by atoms with Gasteiger partial charge in [-0.25, -0.2) is 4.39 Å². The zero-order valence-electron chi connectivity index (χ0n) is 9.16. The standard InChI is InChI=1S/C12H15FN2O/c1-3-9(2)14-8-12(16)15-11-6-4-10(13)5-7-11/h3-7,9,14H,1,8H2,2H3,(H,15,16). The number of carbonyl (C=O) groups excluding carboxylic acids is 1. The molecule has 0 saturated carbocycles. The summed E-state index contributed by atoms with van der Waals surface area (Å²) in [5.41, 5.74) is 0.583. The Morgan fingerprint density at radius 2 is 2.12 bits per heavy atom. The molecule has 0 heterocycles. The van der Waals surface area contributed by atoms with E-state index in [1.807, 2.05) is 6.92 Å². The lowest BCUT2D eigenvalue weighted by Crippen LogP contribution is -2.33. The number of hydrogen-bond acceptors (Lipinski definition) is 2. The van der Waals surface area contributed by atoms with Gasteiger partial charge in [-0.15, -0.1) is 6.58 Å². The second-order valence-electron chi connectivity index (χ2n) is 3.46. The number of rotatable bonds is 5. The second-order valence-corrected chi connectivity index (χ2v) is 3.46. The maximum atomic E-state index is 12.6. The monoisotopic (exact) mass is 222 g/mol. The average molecular weight is 222 g/mol. The van der Waals surface area contributed by atoms with Crippen LogP contribution in [0.5, 0.6) is 0 Å². The average Bonchev–Trinajstić information content (AvgIpc) is 2.29. The molecule has 1 unspecified atom stereocenters. The highest BCUT2D eigenvalue weighted by atomic mass is 19.1. The normalized spacial score (nSPS) is 11.9. The minimum absolute atomic E-state index is 0.0824. The molecule has 4 heteroatoms. The van der Waals surface area contributed by atoms with Gasteiger partial charge in [0.2, 0.25) is 5.91 Å². The Labute approximate surface area is 94.4 Å². The molecule has 0 radical (unpaired) electrons. The van der Waals surface area contributed by atoms with Crippen molar-refractivity contribution in [3.05, 3.63) is 42.7 Å². The maximum absolute atomic E-state index is 12.6. The van der Waals surface area contributed by atoms with Crippen LogP contribution in [0.25, 0.3) is 0 Å². The molecule has 1 aromatic carbocycles. The van der Waals surface area contributed by atoms with Crippen molar-refractivity contribution in [1.82, 2.24) is 5.32 Å². The first-order valence-corrected chi connectivity index (χ1v) is 5.03. The van der Waals surface area contributed by atoms with Gasteiger partial charge in [-0.05, 0) is 31.2 Å². The van der Waals surface area contributed by atoms with E-state index < -0.39 is 0 Å². The fourth-order valence-corrected chi connectivity index (χ4v) is 1.08. The van der Waals surface area contributed by atoms with E-state index in [0.717, 1.165) is 0 Å². The van der Waals surface area contributed by atoms with Crippen LogP contribution in [0.4, 0.5) is 10.1 Å². The summed E-state index contributed by atoms with van der Waals surface area (Å²) in [6.07, 6.45) is 1.71. The van der Waals surface area contributed by atoms with E-state index in [-0.39, 0.29) is 24.3 Å². The van der Waals surface area contributed by atoms with Crippen LogP contribution in [0.1, 0.15) is 6.92 Å². The van der Waals surface area contributed by atoms with Gasteiger partial charge in [-0.1, -0.05) is 6.08 Å². The molecule has 0 spiro atoms. The molecule has 1 aromatic rings. The number of carbonyl (C=O) groups is 1. The predicted molar refractivity (Wildman–Crippen MR) is 62.7 cm³/mol. The summed E-state index contributed by atoms with van der Waals surface area (Å²) in [6, 6.07) is 5.72. The molecule has 16 heavy (non-hydrogen) atoms. The lowest BCUT2D eigenvalue weighted by Gasteiger charge is -2.09. The number of hydrogen-bond donors (Lipinski definition) is 2. The lowest BCUT2D eigenvalue weighted by atomic mass is 10.3. The third kappa shape index (κ3) is 4.23. The van der Waals surface area contributed by atoms with Gasteiger partial charge in [0.1, 0.15) is 5.82 Å². The van der Waals surface area contributed by atoms with Crippen LogP contribution in [-0.2, 0) is 4.79 Å². The van der Waals surface area contributed by atoms with Crippen LogP contribution in [0, 0.1) is 5.82 Å². The SMILES string of the molecule is C=CC(C)NCC(=O)Nc1ccc(F)cc1. The molecule has 0 bridgehead atoms. The summed E-state index contributed by atoms with van der Waals surface area (Å²) in [5.74, 6) is -0.489. The molecule has 1 amide bonds. The van der Waals surface area contributed by atoms with E-state index in [2.05, 4.69) is 17.2 Å². The van der Waals surface area contributed by atoms with Gasteiger partial charge in [0.25, 0.3) is 0 Å². The second kappa shape index (κ2) is 6.02. The van der Waals surface area contributed by atoms with Gasteiger partial charge in [0.05, 0.1) is 6.54 Å². The fourth-order valence-electron chi connectivity index (χ4n) is 1.08. The molecule has 0 aliphatic rings. The fraction of sp³-hybridized carbons (Fsp3) is 0.250. The van der Waals surface area contributed by atoms with Gasteiger partial charge >= 0.3 is 0 Å². The van der Waals surface area contributed by atoms with E-state index in [0.29, 0.717) is 5.69 Å². The van der Waals surface area contributed by atoms with Crippen LogP contribution in [-0.4, -0.2) is 18.5 Å². The summed E-state index contributed by atoms with van der Waals surface area (Å²) in [4.78, 5) is 11.4. The van der Waals surface area contributed by atoms with E-state index in [9.17, 15) is 9.18 Å². The molecule has 2 N–H and O–H groups in total. The molecule has 0 aromatic heterocycles. The third-order valence-electron chi connectivity index (χ3n) is 2.07. The van der Waals surface area contributed by atoms with Crippen molar-refractivity contribution in [2.24, 2.45) is 0 Å². The Hall–Kier alpha value is -1.68. The first-order valence-electron chi connectivity index (χ1n) is 5.03. The zero-order valence-corrected chi connectivity index (χ0v) is 9.16. The molecule has 3 nitrogen and oxygen atoms in total. The van der Waals surface area contributed by atoms with E-state index in [4.69, 9.17) is 0 Å². The highest BCUT2D eigenvalue weighted by Crippen LogP contribution is 2.07. The highest BCUT2D eigenvalue weighted by Gasteiger charge is 2.03. The predicted octanol–water partition coefficient (Wildman–Crippen LogP) is 1.93. The van der Waals surface area contributed by atoms with Crippen molar-refractivity contribution in [2.75, 3.05) is 11.9 Å². The lowest BCUT2D eigenvalue weighted by molar-refractivity contribution is -0.115. The minimum atomic E-state index is -0.323. The molecule has 1 rings (SSSR count). The van der Waals surface area contributed by atoms with Crippen molar-refractivity contribution in [3.8, 4) is 0 Å². The van der Waals surface area contributed by atoms with E-state index >= 15 is 0 Å². The molecule has 86 valence electrons. The largest absolute Gasteiger partial charge is 0.325 e. The zero-order chi connectivity index (χ0) is 12.0. The summed E-state index contributed by atoms with van der Waals surface area (Å²) < 4.78 is 12.6. The summed E-state index contributed by atoms with van der Waals surface area (Å²) in [5, 5.41) is 5.61. The molecular weight excluding hydrogens is 207 g/mol. The molecular formula is C12H15FN2O. The first-order chi connectivity index (χ1) is 7.61. The molecule has 0 saturated heterocycles. The van der Waals surface area contributed by atoms with Crippen molar-refractivity contribution in [1.29, 1.82) is 0 Å². The number of halogens is 1. The van der Waals surface area contributed by atoms with Crippen molar-refractivity contribution in [2.45, 2.75) is 13.0 Å². The highest BCUT2D eigenvalue weighted by molar-refractivity contribution is 5.92. The quantitative estimate of drug-likeness (QED) is 0.747. The Kier molecular flexibility index (Phi) is 4.66. The molecule has 0 fully saturated rings. The molecule has 1 atom stereocenters. The molecule has 0 aliphatic heterocycles. The van der Waals surface area contributed by atoms with Crippen LogP contribution in [0.3, 0.4) is 0 Å². The van der Waals surface area contributed by atoms with Gasteiger partial charge in [-0.3, -0.25) is 4.79 Å². The topological polar surface area (TPSA) is 41.1 Å². The van der Waals surface area contributed by atoms with Gasteiger partial charge in [0.15, 0.2) is 0 Å². The van der Waals surface area contributed by atoms with Crippen molar-refractivity contribution < 1.29 is 9.18 Å². The Morgan fingerprint density at radius 3 is 2.69 bits per heavy atom.